The summed E-state index contributed by atoms with van der Waals surface area (Å²) in [4.78, 5) is 25.0. The van der Waals surface area contributed by atoms with Crippen molar-refractivity contribution in [1.82, 2.24) is 24.9 Å². The normalized spacial score (nSPS) is 12.0. The number of nitrogens with zero attached hydrogens (tertiary/aromatic N) is 5. The van der Waals surface area contributed by atoms with Gasteiger partial charge in [-0.3, -0.25) is 0 Å². The maximum absolute atomic E-state index is 13.5. The Kier molecular flexibility index (Phi) is 7.57. The van der Waals surface area contributed by atoms with Gasteiger partial charge in [0.15, 0.2) is 23.3 Å². The van der Waals surface area contributed by atoms with E-state index < -0.39 is 11.7 Å². The van der Waals surface area contributed by atoms with Crippen molar-refractivity contribution in [1.29, 1.82) is 0 Å². The molecule has 0 bridgehead atoms. The van der Waals surface area contributed by atoms with Crippen molar-refractivity contribution in [2.45, 2.75) is 6.18 Å². The highest BCUT2D eigenvalue weighted by atomic mass is 32.1. The Labute approximate surface area is 314 Å². The van der Waals surface area contributed by atoms with E-state index >= 15 is 0 Å². The molecule has 0 saturated heterocycles. The first-order chi connectivity index (χ1) is 26.4. The van der Waals surface area contributed by atoms with Crippen molar-refractivity contribution < 1.29 is 13.2 Å². The Balaban J connectivity index is 1.14. The fourth-order valence-electron chi connectivity index (χ4n) is 6.78. The Hall–Kier alpha value is -6.36. The summed E-state index contributed by atoms with van der Waals surface area (Å²) >= 11 is 3.19. The summed E-state index contributed by atoms with van der Waals surface area (Å²) in [5.41, 5.74) is 4.77. The molecule has 0 atom stereocenters. The van der Waals surface area contributed by atoms with Gasteiger partial charge in [-0.15, -0.1) is 22.7 Å². The molecule has 10 aromatic rings. The van der Waals surface area contributed by atoms with Crippen molar-refractivity contribution in [3.63, 3.8) is 0 Å². The van der Waals surface area contributed by atoms with Crippen LogP contribution in [0.2, 0.25) is 0 Å². The Morgan fingerprint density at radius 2 is 0.981 bits per heavy atom. The molecule has 0 N–H and O–H groups in total. The molecule has 0 unspecified atom stereocenters. The van der Waals surface area contributed by atoms with Gasteiger partial charge in [0.1, 0.15) is 0 Å². The van der Waals surface area contributed by atoms with Crippen molar-refractivity contribution >= 4 is 63.1 Å². The molecule has 0 aliphatic carbocycles. The molecule has 4 aromatic heterocycles. The van der Waals surface area contributed by atoms with Crippen molar-refractivity contribution in [3.05, 3.63) is 151 Å². The molecule has 0 aliphatic rings. The van der Waals surface area contributed by atoms with Gasteiger partial charge in [-0.05, 0) is 42.5 Å². The average Bonchev–Trinajstić information content (AvgIpc) is 3.79. The summed E-state index contributed by atoms with van der Waals surface area (Å²) < 4.78 is 44.4. The molecule has 0 saturated carbocycles. The highest BCUT2D eigenvalue weighted by Gasteiger charge is 2.30. The molecule has 0 radical (unpaired) electrons. The van der Waals surface area contributed by atoms with E-state index in [9.17, 15) is 13.2 Å². The van der Waals surface area contributed by atoms with Crippen LogP contribution in [-0.4, -0.2) is 24.9 Å². The van der Waals surface area contributed by atoms with Crippen LogP contribution in [0.3, 0.4) is 0 Å². The van der Waals surface area contributed by atoms with Gasteiger partial charge in [-0.2, -0.15) is 13.2 Å². The molecule has 0 fully saturated rings. The van der Waals surface area contributed by atoms with Crippen LogP contribution in [0.1, 0.15) is 5.56 Å². The Bertz CT molecular complexity index is 2970. The summed E-state index contributed by atoms with van der Waals surface area (Å²) in [7, 11) is 0. The van der Waals surface area contributed by atoms with Crippen LogP contribution in [0.5, 0.6) is 0 Å². The maximum atomic E-state index is 13.5. The van der Waals surface area contributed by atoms with Gasteiger partial charge in [0.2, 0.25) is 0 Å². The standard InChI is InChI=1S/C44H24F3N5S2/c45-44(46,47)29-21-18-25(19-22-29)36-39-37(31-14-7-8-17-34(31)54-39)49-43(48-36)32-16-9-15-30-33-24-28(20-23-35(33)53-38(30)32)42-51-40(26-10-3-1-4-11-26)50-41(52-42)27-12-5-2-6-13-27/h1-24H. The zero-order valence-corrected chi connectivity index (χ0v) is 29.7. The van der Waals surface area contributed by atoms with Gasteiger partial charge >= 0.3 is 6.18 Å². The molecule has 10 rings (SSSR count). The lowest BCUT2D eigenvalue weighted by Gasteiger charge is -2.10. The van der Waals surface area contributed by atoms with Gasteiger partial charge < -0.3 is 0 Å². The quantitative estimate of drug-likeness (QED) is 0.176. The Morgan fingerprint density at radius 3 is 1.67 bits per heavy atom. The van der Waals surface area contributed by atoms with Crippen molar-refractivity contribution in [2.75, 3.05) is 0 Å². The summed E-state index contributed by atoms with van der Waals surface area (Å²) in [5.74, 6) is 2.26. The monoisotopic (exact) mass is 743 g/mol. The third-order valence-corrected chi connectivity index (χ3v) is 11.8. The highest BCUT2D eigenvalue weighted by Crippen LogP contribution is 2.44. The van der Waals surface area contributed by atoms with Crippen LogP contribution >= 0.6 is 22.7 Å². The molecule has 5 nitrogen and oxygen atoms in total. The largest absolute Gasteiger partial charge is 0.416 e. The number of hydrogen-bond donors (Lipinski definition) is 0. The van der Waals surface area contributed by atoms with E-state index in [2.05, 4.69) is 18.2 Å². The highest BCUT2D eigenvalue weighted by molar-refractivity contribution is 7.26. The van der Waals surface area contributed by atoms with Crippen molar-refractivity contribution in [2.24, 2.45) is 0 Å². The smallest absolute Gasteiger partial charge is 0.226 e. The van der Waals surface area contributed by atoms with Gasteiger partial charge in [-0.25, -0.2) is 24.9 Å². The predicted octanol–water partition coefficient (Wildman–Crippen LogP) is 12.8. The van der Waals surface area contributed by atoms with Gasteiger partial charge in [0.05, 0.1) is 21.5 Å². The zero-order valence-electron chi connectivity index (χ0n) is 28.0. The first-order valence-corrected chi connectivity index (χ1v) is 18.7. The number of aromatic nitrogens is 5. The lowest BCUT2D eigenvalue weighted by Crippen LogP contribution is -2.04. The third kappa shape index (κ3) is 5.58. The first-order valence-electron chi connectivity index (χ1n) is 17.1. The number of benzene rings is 6. The molecule has 54 heavy (non-hydrogen) atoms. The third-order valence-electron chi connectivity index (χ3n) is 9.40. The molecule has 0 spiro atoms. The minimum atomic E-state index is -4.43. The van der Waals surface area contributed by atoms with E-state index in [1.165, 1.54) is 12.1 Å². The fraction of sp³-hybridized carbons (Fsp3) is 0.0227. The fourth-order valence-corrected chi connectivity index (χ4v) is 9.12. The van der Waals surface area contributed by atoms with Crippen LogP contribution in [-0.2, 0) is 6.18 Å². The second kappa shape index (κ2) is 12.6. The van der Waals surface area contributed by atoms with Gasteiger partial charge in [-0.1, -0.05) is 103 Å². The van der Waals surface area contributed by atoms with Gasteiger partial charge in [0.25, 0.3) is 0 Å². The van der Waals surface area contributed by atoms with Crippen LogP contribution in [0, 0.1) is 0 Å². The number of alkyl halides is 3. The van der Waals surface area contributed by atoms with Crippen molar-refractivity contribution in [3.8, 4) is 56.8 Å². The number of hydrogen-bond acceptors (Lipinski definition) is 7. The molecule has 0 amide bonds. The lowest BCUT2D eigenvalue weighted by molar-refractivity contribution is -0.137. The maximum Gasteiger partial charge on any atom is 0.416 e. The van der Waals surface area contributed by atoms with E-state index in [1.54, 1.807) is 22.7 Å². The summed E-state index contributed by atoms with van der Waals surface area (Å²) in [6, 6.07) is 45.3. The number of fused-ring (bicyclic) bond motifs is 6. The molecule has 258 valence electrons. The predicted molar refractivity (Wildman–Crippen MR) is 213 cm³/mol. The molecule has 4 heterocycles. The molecule has 10 heteroatoms. The molecular formula is C44H24F3N5S2. The number of rotatable bonds is 5. The average molecular weight is 744 g/mol. The van der Waals surface area contributed by atoms with Crippen LogP contribution in [0.4, 0.5) is 13.2 Å². The minimum absolute atomic E-state index is 0.510. The second-order valence-electron chi connectivity index (χ2n) is 12.8. The minimum Gasteiger partial charge on any atom is -0.226 e. The second-order valence-corrected chi connectivity index (χ2v) is 14.9. The number of halogens is 3. The van der Waals surface area contributed by atoms with Crippen LogP contribution in [0.25, 0.3) is 97.3 Å². The van der Waals surface area contributed by atoms with Crippen LogP contribution in [0.15, 0.2) is 146 Å². The van der Waals surface area contributed by atoms with E-state index in [0.29, 0.717) is 34.6 Å². The first kappa shape index (κ1) is 32.3. The molecule has 6 aromatic carbocycles. The van der Waals surface area contributed by atoms with E-state index in [1.807, 2.05) is 103 Å². The van der Waals surface area contributed by atoms with E-state index in [-0.39, 0.29) is 0 Å². The molecule has 0 aliphatic heterocycles. The summed E-state index contributed by atoms with van der Waals surface area (Å²) in [6.45, 7) is 0. The summed E-state index contributed by atoms with van der Waals surface area (Å²) in [5, 5.41) is 3.05. The topological polar surface area (TPSA) is 64.5 Å². The van der Waals surface area contributed by atoms with Crippen LogP contribution < -0.4 is 0 Å². The molecular weight excluding hydrogens is 720 g/mol. The SMILES string of the molecule is FC(F)(F)c1ccc(-c2nc(-c3cccc4c3sc3ccc(-c5nc(-c6ccccc6)nc(-c6ccccc6)n5)cc34)nc3c2sc2ccccc23)cc1. The summed E-state index contributed by atoms with van der Waals surface area (Å²) in [6.07, 6.45) is -4.43. The van der Waals surface area contributed by atoms with E-state index in [0.717, 1.165) is 74.9 Å². The lowest BCUT2D eigenvalue weighted by atomic mass is 10.0. The zero-order chi connectivity index (χ0) is 36.4. The van der Waals surface area contributed by atoms with E-state index in [4.69, 9.17) is 24.9 Å². The Morgan fingerprint density at radius 1 is 0.407 bits per heavy atom. The van der Waals surface area contributed by atoms with Gasteiger partial charge in [0, 0.05) is 58.1 Å². The number of thiophene rings is 2.